The topological polar surface area (TPSA) is 25.8 Å². The molecule has 2 nitrogen and oxygen atoms in total. The molecule has 0 amide bonds. The van der Waals surface area contributed by atoms with Gasteiger partial charge in [-0.2, -0.15) is 0 Å². The van der Waals surface area contributed by atoms with Crippen LogP contribution in [0.4, 0.5) is 0 Å². The van der Waals surface area contributed by atoms with Gasteiger partial charge in [-0.15, -0.1) is 0 Å². The van der Waals surface area contributed by atoms with Gasteiger partial charge in [0.05, 0.1) is 11.4 Å². The van der Waals surface area contributed by atoms with E-state index >= 15 is 0 Å². The van der Waals surface area contributed by atoms with E-state index in [-0.39, 0.29) is 0 Å². The summed E-state index contributed by atoms with van der Waals surface area (Å²) in [6.45, 7) is 0. The van der Waals surface area contributed by atoms with Crippen molar-refractivity contribution in [3.63, 3.8) is 0 Å². The van der Waals surface area contributed by atoms with Crippen LogP contribution in [-0.4, -0.2) is 9.97 Å². The molecule has 0 aliphatic carbocycles. The van der Waals surface area contributed by atoms with E-state index in [1.165, 1.54) is 0 Å². The average Bonchev–Trinajstić information content (AvgIpc) is 2.53. The van der Waals surface area contributed by atoms with E-state index in [0.29, 0.717) is 0 Å². The van der Waals surface area contributed by atoms with Crippen molar-refractivity contribution in [2.45, 2.75) is 0 Å². The largest absolute Gasteiger partial charge is 0.254 e. The Balaban J connectivity index is 2.07. The van der Waals surface area contributed by atoms with Crippen LogP contribution in [0.2, 0.25) is 0 Å². The summed E-state index contributed by atoms with van der Waals surface area (Å²) in [5.41, 5.74) is 1.83. The predicted molar refractivity (Wildman–Crippen MR) is 97.9 cm³/mol. The molecule has 0 N–H and O–H groups in total. The minimum atomic E-state index is 0.915. The van der Waals surface area contributed by atoms with Gasteiger partial charge in [0.1, 0.15) is 0 Å². The van der Waals surface area contributed by atoms with Crippen molar-refractivity contribution >= 4 is 53.4 Å². The number of fused-ring (bicyclic) bond motifs is 2. The lowest BCUT2D eigenvalue weighted by molar-refractivity contribution is 1.28. The molecule has 22 heavy (non-hydrogen) atoms. The second-order valence-electron chi connectivity index (χ2n) is 5.05. The molecule has 0 fully saturated rings. The summed E-state index contributed by atoms with van der Waals surface area (Å²) in [4.78, 5) is 9.18. The summed E-state index contributed by atoms with van der Waals surface area (Å²) in [6, 6.07) is 16.5. The van der Waals surface area contributed by atoms with Crippen molar-refractivity contribution in [3.8, 4) is 11.4 Å². The van der Waals surface area contributed by atoms with E-state index in [1.807, 2.05) is 36.7 Å². The third-order valence-corrected chi connectivity index (χ3v) is 4.66. The molecule has 0 aliphatic heterocycles. The summed E-state index contributed by atoms with van der Waals surface area (Å²) in [5, 5.41) is 4.51. The zero-order valence-electron chi connectivity index (χ0n) is 11.4. The first-order valence-corrected chi connectivity index (χ1v) is 8.40. The molecule has 0 aliphatic rings. The molecule has 0 saturated carbocycles. The Kier molecular flexibility index (Phi) is 3.43. The second-order valence-corrected chi connectivity index (χ2v) is 6.88. The van der Waals surface area contributed by atoms with Crippen LogP contribution in [0.15, 0.2) is 69.9 Å². The molecular weight excluding hydrogens is 404 g/mol. The molecule has 4 aromatic rings. The Morgan fingerprint density at radius 3 is 1.50 bits per heavy atom. The van der Waals surface area contributed by atoms with Gasteiger partial charge in [-0.05, 0) is 47.2 Å². The van der Waals surface area contributed by atoms with Gasteiger partial charge in [0, 0.05) is 32.1 Å². The van der Waals surface area contributed by atoms with Crippen molar-refractivity contribution in [2.24, 2.45) is 0 Å². The first-order valence-electron chi connectivity index (χ1n) is 6.81. The molecule has 106 valence electrons. The fourth-order valence-corrected chi connectivity index (χ4v) is 3.43. The van der Waals surface area contributed by atoms with Gasteiger partial charge < -0.3 is 0 Å². The van der Waals surface area contributed by atoms with E-state index in [9.17, 15) is 0 Å². The fourth-order valence-electron chi connectivity index (χ4n) is 2.67. The summed E-state index contributed by atoms with van der Waals surface area (Å²) in [7, 11) is 0. The van der Waals surface area contributed by atoms with Crippen LogP contribution in [0.25, 0.3) is 32.9 Å². The number of hydrogen-bond acceptors (Lipinski definition) is 2. The summed E-state index contributed by atoms with van der Waals surface area (Å²) >= 11 is 7.04. The van der Waals surface area contributed by atoms with Gasteiger partial charge in [-0.1, -0.05) is 44.0 Å². The van der Waals surface area contributed by atoms with Gasteiger partial charge in [0.25, 0.3) is 0 Å². The Bertz CT molecular complexity index is 929. The quantitative estimate of drug-likeness (QED) is 0.383. The standard InChI is InChI=1S/C18H10Br2N2/c19-13-1-3-15-11(9-13)5-7-21-17(15)18-16-4-2-14(20)10-12(16)6-8-22-18/h1-10H. The molecule has 2 heterocycles. The van der Waals surface area contributed by atoms with E-state index in [4.69, 9.17) is 0 Å². The lowest BCUT2D eigenvalue weighted by atomic mass is 10.0. The molecule has 0 bridgehead atoms. The van der Waals surface area contributed by atoms with Crippen LogP contribution in [0.1, 0.15) is 0 Å². The maximum absolute atomic E-state index is 4.59. The molecule has 0 atom stereocenters. The first kappa shape index (κ1) is 13.9. The van der Waals surface area contributed by atoms with Gasteiger partial charge in [0.2, 0.25) is 0 Å². The van der Waals surface area contributed by atoms with Crippen molar-refractivity contribution in [2.75, 3.05) is 0 Å². The van der Waals surface area contributed by atoms with Crippen LogP contribution in [0.5, 0.6) is 0 Å². The molecule has 0 spiro atoms. The van der Waals surface area contributed by atoms with Crippen LogP contribution in [0, 0.1) is 0 Å². The second kappa shape index (κ2) is 5.45. The Labute approximate surface area is 144 Å². The maximum Gasteiger partial charge on any atom is 0.0970 e. The van der Waals surface area contributed by atoms with Crippen LogP contribution >= 0.6 is 31.9 Å². The van der Waals surface area contributed by atoms with Crippen molar-refractivity contribution in [1.29, 1.82) is 0 Å². The van der Waals surface area contributed by atoms with Crippen LogP contribution in [0.3, 0.4) is 0 Å². The number of halogens is 2. The van der Waals surface area contributed by atoms with Gasteiger partial charge in [-0.25, -0.2) is 0 Å². The SMILES string of the molecule is Brc1ccc2c(-c3nccc4cc(Br)ccc34)nccc2c1. The van der Waals surface area contributed by atoms with Crippen molar-refractivity contribution < 1.29 is 0 Å². The molecule has 4 heteroatoms. The number of rotatable bonds is 1. The van der Waals surface area contributed by atoms with E-state index in [0.717, 1.165) is 41.9 Å². The highest BCUT2D eigenvalue weighted by Gasteiger charge is 2.10. The highest BCUT2D eigenvalue weighted by atomic mass is 79.9. The van der Waals surface area contributed by atoms with Crippen molar-refractivity contribution in [1.82, 2.24) is 9.97 Å². The Morgan fingerprint density at radius 2 is 1.05 bits per heavy atom. The first-order chi connectivity index (χ1) is 10.7. The number of benzene rings is 2. The third-order valence-electron chi connectivity index (χ3n) is 3.68. The van der Waals surface area contributed by atoms with Gasteiger partial charge in [-0.3, -0.25) is 9.97 Å². The van der Waals surface area contributed by atoms with Gasteiger partial charge in [0.15, 0.2) is 0 Å². The zero-order valence-corrected chi connectivity index (χ0v) is 14.6. The van der Waals surface area contributed by atoms with Gasteiger partial charge >= 0.3 is 0 Å². The zero-order chi connectivity index (χ0) is 15.1. The molecule has 2 aromatic carbocycles. The summed E-state index contributed by atoms with van der Waals surface area (Å²) < 4.78 is 2.12. The monoisotopic (exact) mass is 412 g/mol. The smallest absolute Gasteiger partial charge is 0.0970 e. The average molecular weight is 414 g/mol. The van der Waals surface area contributed by atoms with Crippen LogP contribution < -0.4 is 0 Å². The maximum atomic E-state index is 4.59. The number of aromatic nitrogens is 2. The third kappa shape index (κ3) is 2.32. The molecule has 0 radical (unpaired) electrons. The summed E-state index contributed by atoms with van der Waals surface area (Å²) in [6.07, 6.45) is 3.67. The van der Waals surface area contributed by atoms with E-state index in [2.05, 4.69) is 66.1 Å². The van der Waals surface area contributed by atoms with Crippen LogP contribution in [-0.2, 0) is 0 Å². The Morgan fingerprint density at radius 1 is 0.591 bits per heavy atom. The predicted octanol–water partition coefficient (Wildman–Crippen LogP) is 5.98. The van der Waals surface area contributed by atoms with E-state index in [1.54, 1.807) is 0 Å². The van der Waals surface area contributed by atoms with E-state index < -0.39 is 0 Å². The highest BCUT2D eigenvalue weighted by Crippen LogP contribution is 2.32. The van der Waals surface area contributed by atoms with Crippen molar-refractivity contribution in [3.05, 3.63) is 69.9 Å². The summed E-state index contributed by atoms with van der Waals surface area (Å²) in [5.74, 6) is 0. The lowest BCUT2D eigenvalue weighted by Gasteiger charge is -2.09. The normalized spacial score (nSPS) is 11.2. The number of hydrogen-bond donors (Lipinski definition) is 0. The minimum absolute atomic E-state index is 0.915. The fraction of sp³-hybridized carbons (Fsp3) is 0. The molecule has 4 rings (SSSR count). The molecule has 0 unspecified atom stereocenters. The molecule has 0 saturated heterocycles. The minimum Gasteiger partial charge on any atom is -0.254 e. The highest BCUT2D eigenvalue weighted by molar-refractivity contribution is 9.10. The molecule has 2 aromatic heterocycles. The Hall–Kier alpha value is -1.78. The lowest BCUT2D eigenvalue weighted by Crippen LogP contribution is -1.91. The number of nitrogens with zero attached hydrogens (tertiary/aromatic N) is 2. The number of pyridine rings is 2. The molecular formula is C18H10Br2N2.